The first-order valence-electron chi connectivity index (χ1n) is 5.65. The van der Waals surface area contributed by atoms with E-state index in [9.17, 15) is 0 Å². The lowest BCUT2D eigenvalue weighted by molar-refractivity contribution is 0.403. The van der Waals surface area contributed by atoms with Crippen molar-refractivity contribution in [2.45, 2.75) is 43.9 Å². The Morgan fingerprint density at radius 1 is 1.69 bits per heavy atom. The van der Waals surface area contributed by atoms with Gasteiger partial charge in [-0.15, -0.1) is 11.3 Å². The number of nitrogens with zero attached hydrogens (tertiary/aromatic N) is 1. The van der Waals surface area contributed by atoms with E-state index in [-0.39, 0.29) is 4.75 Å². The Bertz CT molecular complexity index is 345. The summed E-state index contributed by atoms with van der Waals surface area (Å²) in [6.07, 6.45) is 3.48. The molecule has 0 aliphatic carbocycles. The molecule has 3 N–H and O–H groups in total. The van der Waals surface area contributed by atoms with Gasteiger partial charge in [0.05, 0.1) is 10.7 Å². The largest absolute Gasteiger partial charge is 0.271 e. The quantitative estimate of drug-likeness (QED) is 0.641. The monoisotopic (exact) mass is 257 g/mol. The number of hydrogen-bond donors (Lipinski definition) is 2. The van der Waals surface area contributed by atoms with Crippen LogP contribution in [0, 0.1) is 6.92 Å². The van der Waals surface area contributed by atoms with Gasteiger partial charge in [0.1, 0.15) is 0 Å². The van der Waals surface area contributed by atoms with Crippen LogP contribution in [-0.2, 0) is 6.42 Å². The molecule has 0 amide bonds. The summed E-state index contributed by atoms with van der Waals surface area (Å²) in [5, 5.41) is 3.28. The maximum Gasteiger partial charge on any atom is 0.0897 e. The van der Waals surface area contributed by atoms with Crippen molar-refractivity contribution in [2.24, 2.45) is 5.84 Å². The van der Waals surface area contributed by atoms with E-state index < -0.39 is 0 Å². The molecule has 1 aliphatic rings. The first kappa shape index (κ1) is 12.4. The lowest BCUT2D eigenvalue weighted by Crippen LogP contribution is -2.50. The zero-order chi connectivity index (χ0) is 11.6. The van der Waals surface area contributed by atoms with E-state index >= 15 is 0 Å². The van der Waals surface area contributed by atoms with Crippen LogP contribution >= 0.6 is 23.1 Å². The van der Waals surface area contributed by atoms with Crippen molar-refractivity contribution in [1.82, 2.24) is 10.4 Å². The number of thiazole rings is 1. The minimum atomic E-state index is 0.270. The van der Waals surface area contributed by atoms with Crippen LogP contribution in [0.25, 0.3) is 0 Å². The molecule has 0 aromatic carbocycles. The molecule has 16 heavy (non-hydrogen) atoms. The van der Waals surface area contributed by atoms with Gasteiger partial charge < -0.3 is 0 Å². The number of aromatic nitrogens is 1. The van der Waals surface area contributed by atoms with Crippen LogP contribution < -0.4 is 11.3 Å². The third kappa shape index (κ3) is 2.59. The van der Waals surface area contributed by atoms with E-state index in [1.54, 1.807) is 11.3 Å². The molecule has 2 unspecified atom stereocenters. The van der Waals surface area contributed by atoms with Crippen LogP contribution in [0.5, 0.6) is 0 Å². The Morgan fingerprint density at radius 2 is 2.50 bits per heavy atom. The van der Waals surface area contributed by atoms with Crippen LogP contribution in [0.4, 0.5) is 0 Å². The summed E-state index contributed by atoms with van der Waals surface area (Å²) in [5.41, 5.74) is 4.15. The molecular formula is C11H19N3S2. The highest BCUT2D eigenvalue weighted by molar-refractivity contribution is 8.00. The highest BCUT2D eigenvalue weighted by atomic mass is 32.2. The fourth-order valence-corrected chi connectivity index (χ4v) is 4.26. The molecule has 1 fully saturated rings. The maximum absolute atomic E-state index is 5.70. The molecule has 2 heterocycles. The second kappa shape index (κ2) is 5.04. The van der Waals surface area contributed by atoms with Crippen molar-refractivity contribution < 1.29 is 0 Å². The average Bonchev–Trinajstić information content (AvgIpc) is 2.85. The van der Waals surface area contributed by atoms with Crippen molar-refractivity contribution >= 4 is 23.1 Å². The smallest absolute Gasteiger partial charge is 0.0897 e. The summed E-state index contributed by atoms with van der Waals surface area (Å²) < 4.78 is 0.270. The molecule has 1 aromatic heterocycles. The molecule has 2 atom stereocenters. The van der Waals surface area contributed by atoms with Crippen molar-refractivity contribution in [3.8, 4) is 0 Å². The molecule has 5 heteroatoms. The van der Waals surface area contributed by atoms with E-state index in [1.165, 1.54) is 24.3 Å². The zero-order valence-corrected chi connectivity index (χ0v) is 11.5. The Morgan fingerprint density at radius 3 is 3.00 bits per heavy atom. The predicted octanol–water partition coefficient (Wildman–Crippen LogP) is 2.11. The second-order valence-corrected chi connectivity index (χ2v) is 7.24. The highest BCUT2D eigenvalue weighted by Crippen LogP contribution is 2.41. The fourth-order valence-electron chi connectivity index (χ4n) is 2.24. The number of nitrogens with two attached hydrogens (primary N) is 1. The molecule has 0 bridgehead atoms. The topological polar surface area (TPSA) is 50.9 Å². The van der Waals surface area contributed by atoms with Gasteiger partial charge in [0.2, 0.25) is 0 Å². The average molecular weight is 257 g/mol. The lowest BCUT2D eigenvalue weighted by Gasteiger charge is -2.32. The van der Waals surface area contributed by atoms with Gasteiger partial charge in [-0.25, -0.2) is 4.98 Å². The fraction of sp³-hybridized carbons (Fsp3) is 0.727. The van der Waals surface area contributed by atoms with Crippen molar-refractivity contribution in [1.29, 1.82) is 0 Å². The normalized spacial score (nSPS) is 27.2. The third-order valence-electron chi connectivity index (χ3n) is 3.27. The van der Waals surface area contributed by atoms with Crippen molar-refractivity contribution in [2.75, 3.05) is 5.75 Å². The SMILES string of the molecule is Cc1nc(CC(NN)C2(C)CCCS2)cs1. The van der Waals surface area contributed by atoms with Gasteiger partial charge in [-0.05, 0) is 32.4 Å². The number of aryl methyl sites for hydroxylation is 1. The molecule has 0 spiro atoms. The molecular weight excluding hydrogens is 238 g/mol. The molecule has 1 aromatic rings. The van der Waals surface area contributed by atoms with E-state index in [0.717, 1.165) is 11.4 Å². The van der Waals surface area contributed by atoms with Crippen LogP contribution in [0.3, 0.4) is 0 Å². The zero-order valence-electron chi connectivity index (χ0n) is 9.82. The molecule has 0 saturated carbocycles. The summed E-state index contributed by atoms with van der Waals surface area (Å²) in [6.45, 7) is 4.36. The van der Waals surface area contributed by atoms with E-state index in [4.69, 9.17) is 5.84 Å². The molecule has 1 saturated heterocycles. The Labute approximate surface area is 105 Å². The van der Waals surface area contributed by atoms with E-state index in [0.29, 0.717) is 6.04 Å². The van der Waals surface area contributed by atoms with E-state index in [1.807, 2.05) is 18.7 Å². The van der Waals surface area contributed by atoms with E-state index in [2.05, 4.69) is 22.7 Å². The minimum absolute atomic E-state index is 0.270. The first-order valence-corrected chi connectivity index (χ1v) is 7.52. The Kier molecular flexibility index (Phi) is 3.89. The van der Waals surface area contributed by atoms with Gasteiger partial charge in [0.15, 0.2) is 0 Å². The maximum atomic E-state index is 5.70. The summed E-state index contributed by atoms with van der Waals surface area (Å²) >= 11 is 3.75. The number of nitrogens with one attached hydrogen (secondary N) is 1. The first-order chi connectivity index (χ1) is 7.64. The molecule has 1 aliphatic heterocycles. The predicted molar refractivity (Wildman–Crippen MR) is 71.8 cm³/mol. The second-order valence-electron chi connectivity index (χ2n) is 4.55. The van der Waals surface area contributed by atoms with Gasteiger partial charge in [0.25, 0.3) is 0 Å². The number of thioether (sulfide) groups is 1. The van der Waals surface area contributed by atoms with Gasteiger partial charge in [-0.1, -0.05) is 0 Å². The number of rotatable bonds is 4. The number of hydrazine groups is 1. The van der Waals surface area contributed by atoms with Crippen LogP contribution in [0.1, 0.15) is 30.5 Å². The van der Waals surface area contributed by atoms with Crippen LogP contribution in [0.15, 0.2) is 5.38 Å². The number of hydrogen-bond acceptors (Lipinski definition) is 5. The van der Waals surface area contributed by atoms with Crippen LogP contribution in [-0.4, -0.2) is 21.5 Å². The van der Waals surface area contributed by atoms with Gasteiger partial charge in [0, 0.05) is 22.6 Å². The molecule has 3 nitrogen and oxygen atoms in total. The standard InChI is InChI=1S/C11H19N3S2/c1-8-13-9(7-15-8)6-10(14-12)11(2)4-3-5-16-11/h7,10,14H,3-6,12H2,1-2H3. The van der Waals surface area contributed by atoms with Crippen molar-refractivity contribution in [3.63, 3.8) is 0 Å². The summed E-state index contributed by atoms with van der Waals surface area (Å²) in [6, 6.07) is 0.321. The summed E-state index contributed by atoms with van der Waals surface area (Å²) in [7, 11) is 0. The third-order valence-corrected chi connectivity index (χ3v) is 5.73. The van der Waals surface area contributed by atoms with Crippen LogP contribution in [0.2, 0.25) is 0 Å². The molecule has 90 valence electrons. The van der Waals surface area contributed by atoms with Gasteiger partial charge in [-0.3, -0.25) is 11.3 Å². The molecule has 2 rings (SSSR count). The minimum Gasteiger partial charge on any atom is -0.271 e. The Hall–Kier alpha value is -0.100. The summed E-state index contributed by atoms with van der Waals surface area (Å²) in [5.74, 6) is 6.96. The lowest BCUT2D eigenvalue weighted by atomic mass is 9.93. The van der Waals surface area contributed by atoms with Gasteiger partial charge >= 0.3 is 0 Å². The molecule has 0 radical (unpaired) electrons. The summed E-state index contributed by atoms with van der Waals surface area (Å²) in [4.78, 5) is 4.51. The Balaban J connectivity index is 2.05. The highest BCUT2D eigenvalue weighted by Gasteiger charge is 2.37. The van der Waals surface area contributed by atoms with Gasteiger partial charge in [-0.2, -0.15) is 11.8 Å². The van der Waals surface area contributed by atoms with Crippen molar-refractivity contribution in [3.05, 3.63) is 16.1 Å².